The van der Waals surface area contributed by atoms with Crippen molar-refractivity contribution in [3.63, 3.8) is 0 Å². The minimum Gasteiger partial charge on any atom is -0.347 e. The molecule has 0 saturated carbocycles. The maximum atomic E-state index is 13.3. The number of amides is 2. The molecule has 6 heteroatoms. The van der Waals surface area contributed by atoms with E-state index in [4.69, 9.17) is 0 Å². The number of nitrogens with one attached hydrogen (secondary N) is 1. The highest BCUT2D eigenvalue weighted by Gasteiger charge is 2.39. The summed E-state index contributed by atoms with van der Waals surface area (Å²) in [6.45, 7) is 3.34. The van der Waals surface area contributed by atoms with Gasteiger partial charge in [-0.25, -0.2) is 8.78 Å². The van der Waals surface area contributed by atoms with Crippen molar-refractivity contribution in [1.82, 2.24) is 10.2 Å². The number of carbonyl (C=O) groups is 2. The quantitative estimate of drug-likeness (QED) is 0.854. The van der Waals surface area contributed by atoms with E-state index in [1.54, 1.807) is 7.05 Å². The van der Waals surface area contributed by atoms with Gasteiger partial charge in [-0.1, -0.05) is 12.6 Å². The van der Waals surface area contributed by atoms with Gasteiger partial charge in [-0.3, -0.25) is 9.59 Å². The smallest absolute Gasteiger partial charge is 0.243 e. The summed E-state index contributed by atoms with van der Waals surface area (Å²) in [5.41, 5.74) is 0.437. The lowest BCUT2D eigenvalue weighted by Crippen LogP contribution is -2.38. The van der Waals surface area contributed by atoms with Crippen LogP contribution in [0.2, 0.25) is 0 Å². The van der Waals surface area contributed by atoms with Gasteiger partial charge in [0.25, 0.3) is 0 Å². The van der Waals surface area contributed by atoms with Crippen molar-refractivity contribution in [3.05, 3.63) is 48.1 Å². The largest absolute Gasteiger partial charge is 0.347 e. The Bertz CT molecular complexity index is 574. The topological polar surface area (TPSA) is 49.4 Å². The van der Waals surface area contributed by atoms with E-state index in [9.17, 15) is 18.4 Å². The summed E-state index contributed by atoms with van der Waals surface area (Å²) in [6, 6.07) is 2.44. The third-order valence-corrected chi connectivity index (χ3v) is 3.38. The average molecular weight is 280 g/mol. The zero-order chi connectivity index (χ0) is 14.9. The second-order valence-electron chi connectivity index (χ2n) is 4.65. The molecule has 0 aromatic heterocycles. The van der Waals surface area contributed by atoms with E-state index in [0.717, 1.165) is 18.2 Å². The van der Waals surface area contributed by atoms with Crippen LogP contribution in [0, 0.1) is 11.6 Å². The Kier molecular flexibility index (Phi) is 3.83. The molecule has 2 rings (SSSR count). The van der Waals surface area contributed by atoms with Crippen LogP contribution in [0.4, 0.5) is 8.78 Å². The Morgan fingerprint density at radius 1 is 1.45 bits per heavy atom. The number of hydrogen-bond acceptors (Lipinski definition) is 2. The van der Waals surface area contributed by atoms with Crippen LogP contribution in [0.5, 0.6) is 0 Å². The van der Waals surface area contributed by atoms with Crippen LogP contribution in [-0.2, 0) is 9.59 Å². The van der Waals surface area contributed by atoms with Crippen LogP contribution < -0.4 is 5.32 Å². The zero-order valence-corrected chi connectivity index (χ0v) is 10.9. The molecule has 0 aliphatic carbocycles. The highest BCUT2D eigenvalue weighted by atomic mass is 19.2. The minimum atomic E-state index is -0.982. The lowest BCUT2D eigenvalue weighted by molar-refractivity contribution is -0.127. The number of benzene rings is 1. The average Bonchev–Trinajstić information content (AvgIpc) is 2.68. The second-order valence-corrected chi connectivity index (χ2v) is 4.65. The summed E-state index contributed by atoms with van der Waals surface area (Å²) in [7, 11) is 1.56. The number of nitrogens with zero attached hydrogens (tertiary/aromatic N) is 1. The molecule has 0 spiro atoms. The molecule has 106 valence electrons. The van der Waals surface area contributed by atoms with Gasteiger partial charge in [-0.05, 0) is 23.8 Å². The number of halogens is 2. The van der Waals surface area contributed by atoms with Gasteiger partial charge in [0.1, 0.15) is 0 Å². The normalized spacial score (nSPS) is 21.9. The van der Waals surface area contributed by atoms with E-state index in [2.05, 4.69) is 11.9 Å². The fraction of sp³-hybridized carbons (Fsp3) is 0.286. The fourth-order valence-corrected chi connectivity index (χ4v) is 2.39. The first-order valence-corrected chi connectivity index (χ1v) is 6.07. The summed E-state index contributed by atoms with van der Waals surface area (Å²) in [6.07, 6.45) is 1.21. The molecule has 1 aromatic rings. The Morgan fingerprint density at radius 2 is 2.15 bits per heavy atom. The van der Waals surface area contributed by atoms with Gasteiger partial charge in [0.05, 0.1) is 12.1 Å². The first-order valence-electron chi connectivity index (χ1n) is 6.07. The number of carbonyl (C=O) groups excluding carboxylic acids is 2. The molecular weight excluding hydrogens is 266 g/mol. The predicted octanol–water partition coefficient (Wildman–Crippen LogP) is 1.54. The molecule has 1 heterocycles. The molecule has 2 amide bonds. The first-order chi connectivity index (χ1) is 9.43. The van der Waals surface area contributed by atoms with Gasteiger partial charge in [0, 0.05) is 13.5 Å². The minimum absolute atomic E-state index is 0.111. The van der Waals surface area contributed by atoms with Crippen LogP contribution >= 0.6 is 0 Å². The molecule has 1 aromatic carbocycles. The lowest BCUT2D eigenvalue weighted by Gasteiger charge is -2.25. The van der Waals surface area contributed by atoms with E-state index in [1.165, 1.54) is 11.0 Å². The van der Waals surface area contributed by atoms with E-state index in [0.29, 0.717) is 5.56 Å². The van der Waals surface area contributed by atoms with Crippen LogP contribution in [0.25, 0.3) is 0 Å². The number of rotatable bonds is 3. The number of likely N-dealkylation sites (tertiary alicyclic amines) is 1. The fourth-order valence-electron chi connectivity index (χ4n) is 2.39. The van der Waals surface area contributed by atoms with E-state index >= 15 is 0 Å². The molecule has 0 radical (unpaired) electrons. The highest BCUT2D eigenvalue weighted by molar-refractivity contribution is 5.88. The van der Waals surface area contributed by atoms with Crippen LogP contribution in [0.15, 0.2) is 30.9 Å². The molecule has 2 atom stereocenters. The summed E-state index contributed by atoms with van der Waals surface area (Å²) in [5, 5.41) is 2.64. The van der Waals surface area contributed by atoms with Gasteiger partial charge in [-0.15, -0.1) is 0 Å². The monoisotopic (exact) mass is 280 g/mol. The van der Waals surface area contributed by atoms with Gasteiger partial charge in [0.2, 0.25) is 11.8 Å². The van der Waals surface area contributed by atoms with Gasteiger partial charge in [0.15, 0.2) is 11.6 Å². The van der Waals surface area contributed by atoms with Crippen molar-refractivity contribution in [1.29, 1.82) is 0 Å². The van der Waals surface area contributed by atoms with Crippen molar-refractivity contribution in [2.45, 2.75) is 18.5 Å². The summed E-state index contributed by atoms with van der Waals surface area (Å²) in [5.74, 6) is -2.52. The zero-order valence-electron chi connectivity index (χ0n) is 10.9. The van der Waals surface area contributed by atoms with Crippen molar-refractivity contribution in [2.75, 3.05) is 7.05 Å². The van der Waals surface area contributed by atoms with Gasteiger partial charge in [-0.2, -0.15) is 0 Å². The van der Waals surface area contributed by atoms with E-state index < -0.39 is 29.6 Å². The lowest BCUT2D eigenvalue weighted by atomic mass is 10.00. The van der Waals surface area contributed by atoms with E-state index in [-0.39, 0.29) is 12.3 Å². The molecule has 0 bridgehead atoms. The highest BCUT2D eigenvalue weighted by Crippen LogP contribution is 2.32. The molecule has 1 fully saturated rings. The van der Waals surface area contributed by atoms with E-state index in [1.807, 2.05) is 0 Å². The summed E-state index contributed by atoms with van der Waals surface area (Å²) in [4.78, 5) is 24.6. The standard InChI is InChI=1S/C14H14F2N2O2/c1-3-12(19)17-11-7-13(20)18(2)14(11)8-4-5-9(15)10(16)6-8/h3-6,11,14H,1,7H2,2H3,(H,17,19)/t11-,14+/m0/s1. The van der Waals surface area contributed by atoms with Gasteiger partial charge >= 0.3 is 0 Å². The van der Waals surface area contributed by atoms with Crippen molar-refractivity contribution in [2.24, 2.45) is 0 Å². The van der Waals surface area contributed by atoms with Crippen LogP contribution in [0.3, 0.4) is 0 Å². The Morgan fingerprint density at radius 3 is 2.75 bits per heavy atom. The Hall–Kier alpha value is -2.24. The molecule has 1 N–H and O–H groups in total. The Balaban J connectivity index is 2.33. The van der Waals surface area contributed by atoms with Crippen LogP contribution in [-0.4, -0.2) is 29.8 Å². The summed E-state index contributed by atoms with van der Waals surface area (Å²) >= 11 is 0. The van der Waals surface area contributed by atoms with Crippen molar-refractivity contribution < 1.29 is 18.4 Å². The first kappa shape index (κ1) is 14.2. The maximum Gasteiger partial charge on any atom is 0.243 e. The summed E-state index contributed by atoms with van der Waals surface area (Å²) < 4.78 is 26.3. The molecular formula is C14H14F2N2O2. The van der Waals surface area contributed by atoms with Crippen molar-refractivity contribution in [3.8, 4) is 0 Å². The molecule has 1 aliphatic heterocycles. The third kappa shape index (κ3) is 2.54. The van der Waals surface area contributed by atoms with Crippen molar-refractivity contribution >= 4 is 11.8 Å². The molecule has 20 heavy (non-hydrogen) atoms. The molecule has 1 aliphatic rings. The third-order valence-electron chi connectivity index (χ3n) is 3.38. The van der Waals surface area contributed by atoms with Gasteiger partial charge < -0.3 is 10.2 Å². The second kappa shape index (κ2) is 5.40. The SMILES string of the molecule is C=CC(=O)N[C@H]1CC(=O)N(C)[C@@H]1c1ccc(F)c(F)c1. The molecule has 1 saturated heterocycles. The van der Waals surface area contributed by atoms with Crippen LogP contribution in [0.1, 0.15) is 18.0 Å². The Labute approximate surface area is 115 Å². The predicted molar refractivity (Wildman–Crippen MR) is 68.6 cm³/mol. The maximum absolute atomic E-state index is 13.3. The number of hydrogen-bond donors (Lipinski definition) is 1. The molecule has 0 unspecified atom stereocenters. The molecule has 4 nitrogen and oxygen atoms in total. The number of likely N-dealkylation sites (N-methyl/N-ethyl adjacent to an activating group) is 1.